The smallest absolute Gasteiger partial charge is 0.309 e. The molecular weight excluding hydrogens is 378 g/mol. The van der Waals surface area contributed by atoms with Crippen LogP contribution < -0.4 is 4.90 Å². The minimum absolute atomic E-state index is 0.0408. The van der Waals surface area contributed by atoms with E-state index >= 15 is 0 Å². The van der Waals surface area contributed by atoms with Gasteiger partial charge in [0.05, 0.1) is 30.6 Å². The number of piperidine rings is 1. The molecular formula is C24H27N3O3. The zero-order valence-corrected chi connectivity index (χ0v) is 17.5. The Labute approximate surface area is 177 Å². The van der Waals surface area contributed by atoms with Gasteiger partial charge in [-0.05, 0) is 44.4 Å². The molecule has 2 aromatic carbocycles. The molecule has 0 N–H and O–H groups in total. The molecule has 30 heavy (non-hydrogen) atoms. The molecule has 0 bridgehead atoms. The number of nitrogens with zero attached hydrogens (tertiary/aromatic N) is 3. The standard InChI is InChI=1S/C24H27N3O3/c1-3-30-24(29)18-12-14-26(15-13-18)16-27-21-11-7-5-9-19(21)22(23(27)28)25-20-10-6-4-8-17(20)2/h4-11,18H,3,12-16H2,1-2H3. The van der Waals surface area contributed by atoms with Crippen molar-refractivity contribution >= 4 is 29.0 Å². The van der Waals surface area contributed by atoms with Crippen molar-refractivity contribution in [2.75, 3.05) is 31.3 Å². The maximum atomic E-state index is 13.3. The molecule has 4 rings (SSSR count). The molecule has 0 aromatic heterocycles. The van der Waals surface area contributed by atoms with E-state index in [4.69, 9.17) is 9.73 Å². The van der Waals surface area contributed by atoms with Gasteiger partial charge in [0.25, 0.3) is 5.91 Å². The minimum Gasteiger partial charge on any atom is -0.466 e. The summed E-state index contributed by atoms with van der Waals surface area (Å²) in [6.45, 7) is 6.27. The summed E-state index contributed by atoms with van der Waals surface area (Å²) in [5, 5.41) is 0. The van der Waals surface area contributed by atoms with Gasteiger partial charge in [-0.25, -0.2) is 4.99 Å². The first kappa shape index (κ1) is 20.3. The van der Waals surface area contributed by atoms with Crippen LogP contribution in [0.2, 0.25) is 0 Å². The van der Waals surface area contributed by atoms with Gasteiger partial charge >= 0.3 is 5.97 Å². The van der Waals surface area contributed by atoms with Crippen molar-refractivity contribution < 1.29 is 14.3 Å². The van der Waals surface area contributed by atoms with E-state index in [-0.39, 0.29) is 17.8 Å². The SMILES string of the molecule is CCOC(=O)C1CCN(CN2C(=O)C(=Nc3ccccc3C)c3ccccc32)CC1. The number of rotatable bonds is 5. The highest BCUT2D eigenvalue weighted by atomic mass is 16.5. The normalized spacial score (nSPS) is 18.7. The van der Waals surface area contributed by atoms with Crippen molar-refractivity contribution in [2.24, 2.45) is 10.9 Å². The highest BCUT2D eigenvalue weighted by Gasteiger charge is 2.36. The topological polar surface area (TPSA) is 62.2 Å². The molecule has 0 aliphatic carbocycles. The van der Waals surface area contributed by atoms with Crippen LogP contribution in [0.4, 0.5) is 11.4 Å². The van der Waals surface area contributed by atoms with E-state index in [2.05, 4.69) is 4.90 Å². The fourth-order valence-electron chi connectivity index (χ4n) is 4.09. The molecule has 2 heterocycles. The van der Waals surface area contributed by atoms with Crippen molar-refractivity contribution in [3.05, 3.63) is 59.7 Å². The molecule has 2 aliphatic heterocycles. The Morgan fingerprint density at radius 1 is 1.10 bits per heavy atom. The molecule has 0 unspecified atom stereocenters. The van der Waals surface area contributed by atoms with Gasteiger partial charge in [0.2, 0.25) is 0 Å². The second kappa shape index (κ2) is 8.79. The fourth-order valence-corrected chi connectivity index (χ4v) is 4.09. The second-order valence-electron chi connectivity index (χ2n) is 7.78. The van der Waals surface area contributed by atoms with Crippen LogP contribution in [0.3, 0.4) is 0 Å². The number of aryl methyl sites for hydroxylation is 1. The van der Waals surface area contributed by atoms with Crippen LogP contribution in [0, 0.1) is 12.8 Å². The molecule has 0 atom stereocenters. The number of carbonyl (C=O) groups excluding carboxylic acids is 2. The minimum atomic E-state index is -0.104. The fraction of sp³-hybridized carbons (Fsp3) is 0.375. The van der Waals surface area contributed by atoms with Crippen LogP contribution in [-0.4, -0.2) is 48.9 Å². The number of esters is 1. The summed E-state index contributed by atoms with van der Waals surface area (Å²) < 4.78 is 5.16. The van der Waals surface area contributed by atoms with Gasteiger partial charge in [0.15, 0.2) is 0 Å². The van der Waals surface area contributed by atoms with Crippen molar-refractivity contribution in [1.29, 1.82) is 0 Å². The largest absolute Gasteiger partial charge is 0.466 e. The average Bonchev–Trinajstić information content (AvgIpc) is 3.02. The second-order valence-corrected chi connectivity index (χ2v) is 7.78. The third-order valence-electron chi connectivity index (χ3n) is 5.79. The van der Waals surface area contributed by atoms with Gasteiger partial charge in [-0.15, -0.1) is 0 Å². The number of ether oxygens (including phenoxy) is 1. The van der Waals surface area contributed by atoms with Crippen molar-refractivity contribution in [1.82, 2.24) is 4.90 Å². The van der Waals surface area contributed by atoms with E-state index in [1.807, 2.05) is 62.4 Å². The number of anilines is 1. The van der Waals surface area contributed by atoms with Gasteiger partial charge < -0.3 is 4.74 Å². The van der Waals surface area contributed by atoms with E-state index < -0.39 is 0 Å². The van der Waals surface area contributed by atoms with Gasteiger partial charge in [-0.3, -0.25) is 19.4 Å². The lowest BCUT2D eigenvalue weighted by Gasteiger charge is -2.33. The maximum absolute atomic E-state index is 13.3. The zero-order valence-electron chi connectivity index (χ0n) is 17.5. The zero-order chi connectivity index (χ0) is 21.1. The highest BCUT2D eigenvalue weighted by molar-refractivity contribution is 6.54. The Balaban J connectivity index is 1.52. The summed E-state index contributed by atoms with van der Waals surface area (Å²) in [7, 11) is 0. The van der Waals surface area contributed by atoms with Crippen molar-refractivity contribution in [2.45, 2.75) is 26.7 Å². The highest BCUT2D eigenvalue weighted by Crippen LogP contribution is 2.32. The lowest BCUT2D eigenvalue weighted by atomic mass is 9.97. The third-order valence-corrected chi connectivity index (χ3v) is 5.79. The van der Waals surface area contributed by atoms with E-state index in [9.17, 15) is 9.59 Å². The van der Waals surface area contributed by atoms with Gasteiger partial charge in [-0.1, -0.05) is 36.4 Å². The number of para-hydroxylation sites is 2. The number of aliphatic imine (C=N–C) groups is 1. The number of benzene rings is 2. The molecule has 156 valence electrons. The first-order valence-corrected chi connectivity index (χ1v) is 10.5. The molecule has 2 aromatic rings. The predicted octanol–water partition coefficient (Wildman–Crippen LogP) is 3.70. The van der Waals surface area contributed by atoms with E-state index in [0.717, 1.165) is 48.4 Å². The average molecular weight is 405 g/mol. The number of carbonyl (C=O) groups is 2. The summed E-state index contributed by atoms with van der Waals surface area (Å²) in [4.78, 5) is 34.0. The van der Waals surface area contributed by atoms with Crippen LogP contribution in [-0.2, 0) is 14.3 Å². The molecule has 1 fully saturated rings. The predicted molar refractivity (Wildman–Crippen MR) is 117 cm³/mol. The Morgan fingerprint density at radius 2 is 1.80 bits per heavy atom. The molecule has 6 nitrogen and oxygen atoms in total. The van der Waals surface area contributed by atoms with E-state index in [0.29, 0.717) is 19.0 Å². The molecule has 6 heteroatoms. The first-order valence-electron chi connectivity index (χ1n) is 10.5. The van der Waals surface area contributed by atoms with Crippen LogP contribution in [0.5, 0.6) is 0 Å². The summed E-state index contributed by atoms with van der Waals surface area (Å²) in [5.74, 6) is -0.222. The van der Waals surface area contributed by atoms with E-state index in [1.54, 1.807) is 4.90 Å². The number of amides is 1. The monoisotopic (exact) mass is 405 g/mol. The Hall–Kier alpha value is -2.99. The Morgan fingerprint density at radius 3 is 2.53 bits per heavy atom. The quantitative estimate of drug-likeness (QED) is 0.712. The maximum Gasteiger partial charge on any atom is 0.309 e. The number of hydrogen-bond acceptors (Lipinski definition) is 5. The molecule has 0 radical (unpaired) electrons. The summed E-state index contributed by atoms with van der Waals surface area (Å²) in [6.07, 6.45) is 1.51. The molecule has 1 saturated heterocycles. The third kappa shape index (κ3) is 4.00. The molecule has 0 saturated carbocycles. The molecule has 1 amide bonds. The number of hydrogen-bond donors (Lipinski definition) is 0. The molecule has 2 aliphatic rings. The summed E-state index contributed by atoms with van der Waals surface area (Å²) in [6, 6.07) is 15.6. The number of fused-ring (bicyclic) bond motifs is 1. The van der Waals surface area contributed by atoms with Crippen molar-refractivity contribution in [3.63, 3.8) is 0 Å². The Kier molecular flexibility index (Phi) is 5.95. The molecule has 0 spiro atoms. The van der Waals surface area contributed by atoms with Gasteiger partial charge in [0, 0.05) is 18.7 Å². The summed E-state index contributed by atoms with van der Waals surface area (Å²) in [5.41, 5.74) is 4.10. The van der Waals surface area contributed by atoms with Gasteiger partial charge in [-0.2, -0.15) is 0 Å². The van der Waals surface area contributed by atoms with Crippen LogP contribution in [0.1, 0.15) is 30.9 Å². The van der Waals surface area contributed by atoms with Crippen LogP contribution in [0.25, 0.3) is 0 Å². The van der Waals surface area contributed by atoms with Crippen LogP contribution >= 0.6 is 0 Å². The number of likely N-dealkylation sites (tertiary alicyclic amines) is 1. The summed E-state index contributed by atoms with van der Waals surface area (Å²) >= 11 is 0. The lowest BCUT2D eigenvalue weighted by molar-refractivity contribution is -0.149. The van der Waals surface area contributed by atoms with Gasteiger partial charge in [0.1, 0.15) is 5.71 Å². The lowest BCUT2D eigenvalue weighted by Crippen LogP contribution is -2.45. The Bertz CT molecular complexity index is 977. The first-order chi connectivity index (χ1) is 14.6. The van der Waals surface area contributed by atoms with E-state index in [1.165, 1.54) is 0 Å². The van der Waals surface area contributed by atoms with Crippen molar-refractivity contribution in [3.8, 4) is 0 Å². The van der Waals surface area contributed by atoms with Crippen LogP contribution in [0.15, 0.2) is 53.5 Å².